The maximum Gasteiger partial charge on any atom is 0.132 e. The number of nitrogens with one attached hydrogen (secondary N) is 1. The van der Waals surface area contributed by atoms with Gasteiger partial charge < -0.3 is 10.1 Å². The van der Waals surface area contributed by atoms with E-state index in [-0.39, 0.29) is 0 Å². The Morgan fingerprint density at radius 3 is 2.57 bits per heavy atom. The van der Waals surface area contributed by atoms with Crippen LogP contribution in [0.1, 0.15) is 30.8 Å². The average Bonchev–Trinajstić information content (AvgIpc) is 2.49. The zero-order valence-corrected chi connectivity index (χ0v) is 13.0. The minimum Gasteiger partial charge on any atom is -0.497 e. The van der Waals surface area contributed by atoms with E-state index >= 15 is 0 Å². The van der Waals surface area contributed by atoms with Gasteiger partial charge in [0.1, 0.15) is 11.6 Å². The van der Waals surface area contributed by atoms with Gasteiger partial charge in [0.05, 0.1) is 7.11 Å². The van der Waals surface area contributed by atoms with Crippen molar-refractivity contribution in [2.24, 2.45) is 5.92 Å². The molecule has 4 heteroatoms. The first kappa shape index (κ1) is 15.4. The molecule has 0 spiro atoms. The second kappa shape index (κ2) is 7.74. The number of nitrogens with zero attached hydrogens (tertiary/aromatic N) is 2. The summed E-state index contributed by atoms with van der Waals surface area (Å²) in [5.41, 5.74) is 2.27. The van der Waals surface area contributed by atoms with E-state index in [2.05, 4.69) is 35.2 Å². The normalized spacial score (nSPS) is 10.9. The van der Waals surface area contributed by atoms with Gasteiger partial charge in [-0.1, -0.05) is 26.0 Å². The fraction of sp³-hybridized carbons (Fsp3) is 0.412. The molecule has 1 N–H and O–H groups in total. The Hall–Kier alpha value is -1.94. The second-order valence-corrected chi connectivity index (χ2v) is 5.56. The van der Waals surface area contributed by atoms with Gasteiger partial charge in [0, 0.05) is 30.9 Å². The summed E-state index contributed by atoms with van der Waals surface area (Å²) < 4.78 is 5.23. The highest BCUT2D eigenvalue weighted by atomic mass is 16.5. The molecule has 0 radical (unpaired) electrons. The number of methoxy groups -OCH3 is 1. The lowest BCUT2D eigenvalue weighted by molar-refractivity contribution is 0.414. The smallest absolute Gasteiger partial charge is 0.132 e. The third kappa shape index (κ3) is 5.16. The van der Waals surface area contributed by atoms with E-state index in [9.17, 15) is 0 Å². The monoisotopic (exact) mass is 285 g/mol. The van der Waals surface area contributed by atoms with Crippen LogP contribution in [0.15, 0.2) is 36.7 Å². The van der Waals surface area contributed by atoms with Crippen molar-refractivity contribution in [2.45, 2.75) is 26.8 Å². The van der Waals surface area contributed by atoms with Crippen molar-refractivity contribution >= 4 is 0 Å². The lowest BCUT2D eigenvalue weighted by atomic mass is 10.1. The highest BCUT2D eigenvalue weighted by Crippen LogP contribution is 2.14. The fourth-order valence-electron chi connectivity index (χ4n) is 2.03. The van der Waals surface area contributed by atoms with Gasteiger partial charge in [-0.2, -0.15) is 0 Å². The van der Waals surface area contributed by atoms with Gasteiger partial charge in [0.2, 0.25) is 0 Å². The number of benzene rings is 1. The van der Waals surface area contributed by atoms with E-state index in [1.165, 1.54) is 0 Å². The molecule has 0 bridgehead atoms. The molecule has 1 heterocycles. The molecule has 0 amide bonds. The van der Waals surface area contributed by atoms with E-state index in [0.717, 1.165) is 42.2 Å². The zero-order chi connectivity index (χ0) is 15.1. The predicted octanol–water partition coefficient (Wildman–Crippen LogP) is 2.82. The van der Waals surface area contributed by atoms with Crippen LogP contribution in [-0.4, -0.2) is 23.6 Å². The molecule has 0 aliphatic rings. The molecule has 0 saturated heterocycles. The quantitative estimate of drug-likeness (QED) is 0.850. The van der Waals surface area contributed by atoms with Crippen molar-refractivity contribution in [2.75, 3.05) is 13.7 Å². The van der Waals surface area contributed by atoms with E-state index in [0.29, 0.717) is 5.92 Å². The van der Waals surface area contributed by atoms with E-state index in [1.807, 2.05) is 30.6 Å². The fourth-order valence-corrected chi connectivity index (χ4v) is 2.03. The van der Waals surface area contributed by atoms with Gasteiger partial charge in [-0.3, -0.25) is 0 Å². The topological polar surface area (TPSA) is 47.0 Å². The number of rotatable bonds is 7. The molecule has 0 atom stereocenters. The number of aromatic nitrogens is 2. The average molecular weight is 285 g/mol. The molecule has 112 valence electrons. The Balaban J connectivity index is 1.92. The molecule has 0 aliphatic carbocycles. The van der Waals surface area contributed by atoms with Crippen molar-refractivity contribution in [3.63, 3.8) is 0 Å². The molecule has 21 heavy (non-hydrogen) atoms. The minimum atomic E-state index is 0.651. The Morgan fingerprint density at radius 1 is 1.14 bits per heavy atom. The Bertz CT molecular complexity index is 552. The molecule has 0 aliphatic heterocycles. The predicted molar refractivity (Wildman–Crippen MR) is 84.4 cm³/mol. The lowest BCUT2D eigenvalue weighted by Gasteiger charge is -2.07. The highest BCUT2D eigenvalue weighted by Gasteiger charge is 2.02. The first-order valence-corrected chi connectivity index (χ1v) is 7.31. The van der Waals surface area contributed by atoms with Crippen LogP contribution in [0.4, 0.5) is 0 Å². The summed E-state index contributed by atoms with van der Waals surface area (Å²) in [6.45, 7) is 6.21. The van der Waals surface area contributed by atoms with Crippen molar-refractivity contribution in [3.8, 4) is 5.75 Å². The van der Waals surface area contributed by atoms with Crippen molar-refractivity contribution < 1.29 is 4.74 Å². The van der Waals surface area contributed by atoms with Crippen LogP contribution >= 0.6 is 0 Å². The summed E-state index contributed by atoms with van der Waals surface area (Å²) in [6.07, 6.45) is 4.52. The molecule has 0 unspecified atom stereocenters. The largest absolute Gasteiger partial charge is 0.497 e. The van der Waals surface area contributed by atoms with Crippen LogP contribution < -0.4 is 10.1 Å². The van der Waals surface area contributed by atoms with Crippen LogP contribution in [0.3, 0.4) is 0 Å². The second-order valence-electron chi connectivity index (χ2n) is 5.56. The van der Waals surface area contributed by atoms with Crippen molar-refractivity contribution in [1.29, 1.82) is 0 Å². The molecular formula is C17H23N3O. The van der Waals surface area contributed by atoms with E-state index in [4.69, 9.17) is 4.74 Å². The van der Waals surface area contributed by atoms with Crippen molar-refractivity contribution in [1.82, 2.24) is 15.3 Å². The van der Waals surface area contributed by atoms with E-state index < -0.39 is 0 Å². The standard InChI is InChI=1S/C17H23N3O/c1-13(2)9-18-10-15-11-19-17(20-12-15)8-14-5-4-6-16(7-14)21-3/h4-7,11-13,18H,8-10H2,1-3H3. The van der Waals surface area contributed by atoms with Gasteiger partial charge in [-0.25, -0.2) is 9.97 Å². The minimum absolute atomic E-state index is 0.651. The van der Waals surface area contributed by atoms with Crippen LogP contribution in [0, 0.1) is 5.92 Å². The lowest BCUT2D eigenvalue weighted by Crippen LogP contribution is -2.19. The maximum atomic E-state index is 5.23. The van der Waals surface area contributed by atoms with Crippen LogP contribution in [0.2, 0.25) is 0 Å². The summed E-state index contributed by atoms with van der Waals surface area (Å²) in [4.78, 5) is 8.87. The van der Waals surface area contributed by atoms with Crippen molar-refractivity contribution in [3.05, 3.63) is 53.6 Å². The molecule has 0 saturated carbocycles. The number of hydrogen-bond acceptors (Lipinski definition) is 4. The molecule has 2 aromatic rings. The first-order valence-electron chi connectivity index (χ1n) is 7.31. The van der Waals surface area contributed by atoms with Gasteiger partial charge in [-0.05, 0) is 30.2 Å². The zero-order valence-electron chi connectivity index (χ0n) is 13.0. The van der Waals surface area contributed by atoms with E-state index in [1.54, 1.807) is 7.11 Å². The van der Waals surface area contributed by atoms with Crippen LogP contribution in [0.25, 0.3) is 0 Å². The van der Waals surface area contributed by atoms with Crippen LogP contribution in [0.5, 0.6) is 5.75 Å². The molecule has 1 aromatic carbocycles. The molecule has 0 fully saturated rings. The van der Waals surface area contributed by atoms with Gasteiger partial charge in [0.25, 0.3) is 0 Å². The Morgan fingerprint density at radius 2 is 1.90 bits per heavy atom. The first-order chi connectivity index (χ1) is 10.2. The number of hydrogen-bond donors (Lipinski definition) is 1. The summed E-state index contributed by atoms with van der Waals surface area (Å²) in [5, 5.41) is 3.39. The summed E-state index contributed by atoms with van der Waals surface area (Å²) in [5.74, 6) is 2.34. The third-order valence-electron chi connectivity index (χ3n) is 3.14. The molecule has 4 nitrogen and oxygen atoms in total. The molecule has 2 rings (SSSR count). The SMILES string of the molecule is COc1cccc(Cc2ncc(CNCC(C)C)cn2)c1. The Labute approximate surface area is 126 Å². The summed E-state index contributed by atoms with van der Waals surface area (Å²) in [7, 11) is 1.68. The third-order valence-corrected chi connectivity index (χ3v) is 3.14. The number of ether oxygens (including phenoxy) is 1. The molecule has 1 aromatic heterocycles. The van der Waals surface area contributed by atoms with Gasteiger partial charge in [0.15, 0.2) is 0 Å². The maximum absolute atomic E-state index is 5.23. The summed E-state index contributed by atoms with van der Waals surface area (Å²) in [6, 6.07) is 8.00. The van der Waals surface area contributed by atoms with Gasteiger partial charge >= 0.3 is 0 Å². The summed E-state index contributed by atoms with van der Waals surface area (Å²) >= 11 is 0. The molecular weight excluding hydrogens is 262 g/mol. The Kier molecular flexibility index (Phi) is 5.69. The highest BCUT2D eigenvalue weighted by molar-refractivity contribution is 5.30. The van der Waals surface area contributed by atoms with Crippen LogP contribution in [-0.2, 0) is 13.0 Å². The van der Waals surface area contributed by atoms with Gasteiger partial charge in [-0.15, -0.1) is 0 Å².